The van der Waals surface area contributed by atoms with Crippen LogP contribution in [0.3, 0.4) is 0 Å². The lowest BCUT2D eigenvalue weighted by Crippen LogP contribution is -2.27. The number of fused-ring (bicyclic) bond motifs is 1. The molecule has 0 aliphatic heterocycles. The summed E-state index contributed by atoms with van der Waals surface area (Å²) in [5.74, 6) is 0.834. The lowest BCUT2D eigenvalue weighted by atomic mass is 9.87. The number of methoxy groups -OCH3 is 1. The Bertz CT molecular complexity index is 1520. The van der Waals surface area contributed by atoms with Gasteiger partial charge in [0.25, 0.3) is 5.91 Å². The highest BCUT2D eigenvalue weighted by Gasteiger charge is 2.23. The maximum atomic E-state index is 13.6. The Morgan fingerprint density at radius 3 is 2.50 bits per heavy atom. The Morgan fingerprint density at radius 1 is 0.952 bits per heavy atom. The standard InChI is InChI=1S/C36H43N3O3/c1-25-22-30(16-17-31(25)28-12-5-4-6-13-28)35(40)29-14-8-7-10-27(11-9-15-29)23-39-24-33-26(2)32(18-19-34(33)38-39)36(41)37-20-21-42-3/h4-6,12-13,16-19,22,24,27,29H,7-11,14-15,20-21,23H2,1-3H3,(H,37,41). The maximum absolute atomic E-state index is 13.6. The normalized spacial score (nSPS) is 17.8. The molecule has 1 amide bonds. The fourth-order valence-electron chi connectivity index (χ4n) is 6.45. The molecular formula is C36H43N3O3. The lowest BCUT2D eigenvalue weighted by molar-refractivity contribution is 0.0901. The van der Waals surface area contributed by atoms with Crippen LogP contribution in [0.2, 0.25) is 0 Å². The molecule has 0 spiro atoms. The first-order chi connectivity index (χ1) is 20.4. The van der Waals surface area contributed by atoms with E-state index in [4.69, 9.17) is 9.84 Å². The second kappa shape index (κ2) is 13.9. The number of ether oxygens (including phenoxy) is 1. The zero-order chi connectivity index (χ0) is 29.5. The number of Topliss-reactive ketones (excluding diaryl/α,β-unsaturated/α-hetero) is 1. The second-order valence-corrected chi connectivity index (χ2v) is 11.8. The van der Waals surface area contributed by atoms with E-state index in [0.29, 0.717) is 30.4 Å². The molecule has 220 valence electrons. The fraction of sp³-hybridized carbons (Fsp3) is 0.417. The number of amides is 1. The van der Waals surface area contributed by atoms with E-state index in [9.17, 15) is 9.59 Å². The number of nitrogens with zero attached hydrogens (tertiary/aromatic N) is 2. The topological polar surface area (TPSA) is 73.2 Å². The molecule has 2 unspecified atom stereocenters. The minimum absolute atomic E-state index is 0.0816. The van der Waals surface area contributed by atoms with E-state index in [1.54, 1.807) is 7.11 Å². The van der Waals surface area contributed by atoms with Gasteiger partial charge in [-0.3, -0.25) is 14.3 Å². The highest BCUT2D eigenvalue weighted by atomic mass is 16.5. The SMILES string of the molecule is COCCNC(=O)c1ccc2nn(CC3CCCCC(C(=O)c4ccc(-c5ccccc5)c(C)c4)CCC3)cc2c1C. The molecule has 1 fully saturated rings. The summed E-state index contributed by atoms with van der Waals surface area (Å²) in [6.07, 6.45) is 9.50. The molecule has 1 aromatic heterocycles. The summed E-state index contributed by atoms with van der Waals surface area (Å²) >= 11 is 0. The highest BCUT2D eigenvalue weighted by molar-refractivity contribution is 6.00. The Balaban J connectivity index is 1.21. The van der Waals surface area contributed by atoms with Crippen molar-refractivity contribution in [2.75, 3.05) is 20.3 Å². The third kappa shape index (κ3) is 6.99. The zero-order valence-electron chi connectivity index (χ0n) is 25.2. The minimum Gasteiger partial charge on any atom is -0.383 e. The van der Waals surface area contributed by atoms with E-state index in [-0.39, 0.29) is 11.8 Å². The predicted octanol–water partition coefficient (Wildman–Crippen LogP) is 7.56. The Morgan fingerprint density at radius 2 is 1.71 bits per heavy atom. The van der Waals surface area contributed by atoms with Crippen LogP contribution in [0.25, 0.3) is 22.0 Å². The Labute approximate surface area is 249 Å². The van der Waals surface area contributed by atoms with Crippen LogP contribution >= 0.6 is 0 Å². The van der Waals surface area contributed by atoms with Crippen LogP contribution in [-0.4, -0.2) is 41.7 Å². The molecule has 1 aliphatic rings. The molecule has 6 nitrogen and oxygen atoms in total. The minimum atomic E-state index is -0.0816. The number of carbonyl (C=O) groups is 2. The third-order valence-corrected chi connectivity index (χ3v) is 8.83. The number of carbonyl (C=O) groups excluding carboxylic acids is 2. The van der Waals surface area contributed by atoms with Gasteiger partial charge < -0.3 is 10.1 Å². The number of nitrogens with one attached hydrogen (secondary N) is 1. The molecule has 0 radical (unpaired) electrons. The van der Waals surface area contributed by atoms with Crippen molar-refractivity contribution in [3.8, 4) is 11.1 Å². The first kappa shape index (κ1) is 29.7. The monoisotopic (exact) mass is 565 g/mol. The smallest absolute Gasteiger partial charge is 0.251 e. The molecule has 1 aliphatic carbocycles. The van der Waals surface area contributed by atoms with Gasteiger partial charge in [-0.2, -0.15) is 5.10 Å². The van der Waals surface area contributed by atoms with Crippen LogP contribution < -0.4 is 5.32 Å². The Hall–Kier alpha value is -3.77. The van der Waals surface area contributed by atoms with E-state index < -0.39 is 0 Å². The molecule has 1 N–H and O–H groups in total. The number of benzene rings is 3. The number of hydrogen-bond donors (Lipinski definition) is 1. The summed E-state index contributed by atoms with van der Waals surface area (Å²) in [6.45, 7) is 5.94. The molecule has 5 rings (SSSR count). The third-order valence-electron chi connectivity index (χ3n) is 8.83. The Kier molecular flexibility index (Phi) is 9.85. The van der Waals surface area contributed by atoms with Crippen LogP contribution in [-0.2, 0) is 11.3 Å². The highest BCUT2D eigenvalue weighted by Crippen LogP contribution is 2.31. The van der Waals surface area contributed by atoms with Crippen molar-refractivity contribution in [2.24, 2.45) is 11.8 Å². The summed E-state index contributed by atoms with van der Waals surface area (Å²) in [5.41, 5.74) is 6.93. The quantitative estimate of drug-likeness (QED) is 0.168. The maximum Gasteiger partial charge on any atom is 0.251 e. The van der Waals surface area contributed by atoms with Gasteiger partial charge in [0.2, 0.25) is 0 Å². The molecular weight excluding hydrogens is 522 g/mol. The average Bonchev–Trinajstić information content (AvgIpc) is 3.45. The fourth-order valence-corrected chi connectivity index (χ4v) is 6.45. The van der Waals surface area contributed by atoms with Crippen LogP contribution in [0.1, 0.15) is 76.8 Å². The molecule has 2 atom stereocenters. The van der Waals surface area contributed by atoms with Crippen molar-refractivity contribution in [1.82, 2.24) is 15.1 Å². The van der Waals surface area contributed by atoms with E-state index >= 15 is 0 Å². The number of ketones is 1. The van der Waals surface area contributed by atoms with E-state index in [0.717, 1.165) is 79.1 Å². The summed E-state index contributed by atoms with van der Waals surface area (Å²) < 4.78 is 7.11. The van der Waals surface area contributed by atoms with Crippen molar-refractivity contribution in [3.63, 3.8) is 0 Å². The molecule has 3 aromatic carbocycles. The summed E-state index contributed by atoms with van der Waals surface area (Å²) in [5, 5.41) is 8.79. The molecule has 0 saturated heterocycles. The van der Waals surface area contributed by atoms with Crippen molar-refractivity contribution >= 4 is 22.6 Å². The van der Waals surface area contributed by atoms with Crippen molar-refractivity contribution < 1.29 is 14.3 Å². The number of aromatic nitrogens is 2. The molecule has 4 aromatic rings. The van der Waals surface area contributed by atoms with Gasteiger partial charge >= 0.3 is 0 Å². The summed E-state index contributed by atoms with van der Waals surface area (Å²) in [6, 6.07) is 20.4. The van der Waals surface area contributed by atoms with Gasteiger partial charge in [0.05, 0.1) is 12.1 Å². The largest absolute Gasteiger partial charge is 0.383 e. The first-order valence-electron chi connectivity index (χ1n) is 15.4. The van der Waals surface area contributed by atoms with E-state index in [2.05, 4.69) is 59.5 Å². The van der Waals surface area contributed by atoms with Gasteiger partial charge in [0, 0.05) is 48.8 Å². The van der Waals surface area contributed by atoms with Crippen molar-refractivity contribution in [2.45, 2.75) is 65.3 Å². The first-order valence-corrected chi connectivity index (χ1v) is 15.4. The molecule has 0 bridgehead atoms. The van der Waals surface area contributed by atoms with Gasteiger partial charge in [-0.25, -0.2) is 0 Å². The molecule has 42 heavy (non-hydrogen) atoms. The van der Waals surface area contributed by atoms with Gasteiger partial charge in [0.15, 0.2) is 5.78 Å². The van der Waals surface area contributed by atoms with Crippen molar-refractivity contribution in [3.05, 3.63) is 89.1 Å². The average molecular weight is 566 g/mol. The zero-order valence-corrected chi connectivity index (χ0v) is 25.2. The predicted molar refractivity (Wildman–Crippen MR) is 169 cm³/mol. The van der Waals surface area contributed by atoms with E-state index in [1.165, 1.54) is 11.1 Å². The van der Waals surface area contributed by atoms with Crippen molar-refractivity contribution in [1.29, 1.82) is 0 Å². The molecule has 6 heteroatoms. The summed E-state index contributed by atoms with van der Waals surface area (Å²) in [4.78, 5) is 26.2. The lowest BCUT2D eigenvalue weighted by Gasteiger charge is -2.17. The molecule has 1 saturated carbocycles. The number of aryl methyl sites for hydroxylation is 2. The number of hydrogen-bond acceptors (Lipinski definition) is 4. The summed E-state index contributed by atoms with van der Waals surface area (Å²) in [7, 11) is 1.63. The van der Waals surface area contributed by atoms with Gasteiger partial charge in [-0.05, 0) is 85.9 Å². The van der Waals surface area contributed by atoms with Gasteiger partial charge in [0.1, 0.15) is 0 Å². The van der Waals surface area contributed by atoms with E-state index in [1.807, 2.05) is 31.2 Å². The van der Waals surface area contributed by atoms with Crippen LogP contribution in [0.5, 0.6) is 0 Å². The number of rotatable bonds is 9. The van der Waals surface area contributed by atoms with Gasteiger partial charge in [-0.1, -0.05) is 61.7 Å². The van der Waals surface area contributed by atoms with Crippen LogP contribution in [0.4, 0.5) is 0 Å². The second-order valence-electron chi connectivity index (χ2n) is 11.8. The van der Waals surface area contributed by atoms with Gasteiger partial charge in [-0.15, -0.1) is 0 Å². The molecule has 1 heterocycles. The van der Waals surface area contributed by atoms with Crippen LogP contribution in [0, 0.1) is 25.7 Å². The van der Waals surface area contributed by atoms with Crippen LogP contribution in [0.15, 0.2) is 66.9 Å².